The Morgan fingerprint density at radius 1 is 1.07 bits per heavy atom. The van der Waals surface area contributed by atoms with Gasteiger partial charge in [-0.1, -0.05) is 25.4 Å². The molecule has 2 aromatic rings. The van der Waals surface area contributed by atoms with Gasteiger partial charge < -0.3 is 10.1 Å². The molecule has 11 heteroatoms. The highest BCUT2D eigenvalue weighted by atomic mass is 35.5. The van der Waals surface area contributed by atoms with Gasteiger partial charge in [0.25, 0.3) is 5.91 Å². The minimum absolute atomic E-state index is 0.0194. The van der Waals surface area contributed by atoms with Gasteiger partial charge >= 0.3 is 5.97 Å². The lowest BCUT2D eigenvalue weighted by atomic mass is 10.2. The molecule has 0 heterocycles. The molecule has 0 fully saturated rings. The Bertz CT molecular complexity index is 1060. The number of nitrogens with zero attached hydrogens (tertiary/aromatic N) is 1. The molecule has 2 rings (SSSR count). The van der Waals surface area contributed by atoms with Crippen molar-refractivity contribution in [3.63, 3.8) is 0 Å². The molecule has 30 heavy (non-hydrogen) atoms. The zero-order chi connectivity index (χ0) is 22.5. The fourth-order valence-electron chi connectivity index (χ4n) is 2.52. The van der Waals surface area contributed by atoms with Gasteiger partial charge in [0.1, 0.15) is 4.90 Å². The summed E-state index contributed by atoms with van der Waals surface area (Å²) in [5.41, 5.74) is -0.139. The van der Waals surface area contributed by atoms with Crippen molar-refractivity contribution < 1.29 is 31.5 Å². The molecule has 0 bridgehead atoms. The van der Waals surface area contributed by atoms with E-state index in [9.17, 15) is 26.8 Å². The summed E-state index contributed by atoms with van der Waals surface area (Å²) in [4.78, 5) is 23.8. The van der Waals surface area contributed by atoms with Crippen LogP contribution in [0.15, 0.2) is 41.3 Å². The lowest BCUT2D eigenvalue weighted by molar-refractivity contribution is -0.119. The fourth-order valence-corrected chi connectivity index (χ4v) is 4.47. The standard InChI is InChI=1S/C19H19ClF2N2O5S/c1-3-24(4-2)30(27,28)17-9-12(5-7-14(17)20)19(26)29-11-18(25)23-13-6-8-15(21)16(22)10-13/h5-10H,3-4,11H2,1-2H3,(H,23,25). The minimum atomic E-state index is -3.92. The molecule has 1 N–H and O–H groups in total. The van der Waals surface area contributed by atoms with Crippen molar-refractivity contribution in [1.82, 2.24) is 4.31 Å². The first kappa shape index (κ1) is 23.7. The summed E-state index contributed by atoms with van der Waals surface area (Å²) in [7, 11) is -3.92. The van der Waals surface area contributed by atoms with E-state index in [2.05, 4.69) is 5.32 Å². The lowest BCUT2D eigenvalue weighted by Crippen LogP contribution is -2.31. The number of halogens is 3. The van der Waals surface area contributed by atoms with Crippen molar-refractivity contribution in [2.24, 2.45) is 0 Å². The molecule has 2 aromatic carbocycles. The number of hydrogen-bond donors (Lipinski definition) is 1. The first-order chi connectivity index (χ1) is 14.1. The zero-order valence-corrected chi connectivity index (χ0v) is 17.7. The van der Waals surface area contributed by atoms with Crippen molar-refractivity contribution in [3.05, 3.63) is 58.6 Å². The highest BCUT2D eigenvalue weighted by molar-refractivity contribution is 7.89. The van der Waals surface area contributed by atoms with E-state index in [0.29, 0.717) is 0 Å². The summed E-state index contributed by atoms with van der Waals surface area (Å²) in [5, 5.41) is 2.18. The average Bonchev–Trinajstić information content (AvgIpc) is 2.70. The Morgan fingerprint density at radius 3 is 2.33 bits per heavy atom. The second-order valence-electron chi connectivity index (χ2n) is 5.99. The quantitative estimate of drug-likeness (QED) is 0.609. The summed E-state index contributed by atoms with van der Waals surface area (Å²) < 4.78 is 57.5. The maximum Gasteiger partial charge on any atom is 0.338 e. The van der Waals surface area contributed by atoms with Gasteiger partial charge in [0.2, 0.25) is 10.0 Å². The molecule has 0 atom stereocenters. The van der Waals surface area contributed by atoms with E-state index in [-0.39, 0.29) is 34.3 Å². The van der Waals surface area contributed by atoms with Crippen LogP contribution in [-0.4, -0.2) is 44.3 Å². The first-order valence-corrected chi connectivity index (χ1v) is 10.6. The SMILES string of the molecule is CCN(CC)S(=O)(=O)c1cc(C(=O)OCC(=O)Nc2ccc(F)c(F)c2)ccc1Cl. The van der Waals surface area contributed by atoms with Crippen molar-refractivity contribution in [2.45, 2.75) is 18.7 Å². The highest BCUT2D eigenvalue weighted by Crippen LogP contribution is 2.26. The molecule has 0 aliphatic rings. The third kappa shape index (κ3) is 5.53. The number of ether oxygens (including phenoxy) is 1. The number of sulfonamides is 1. The maximum atomic E-state index is 13.2. The van der Waals surface area contributed by atoms with Gasteiger partial charge in [-0.25, -0.2) is 22.0 Å². The third-order valence-electron chi connectivity index (χ3n) is 4.03. The van der Waals surface area contributed by atoms with Crippen LogP contribution in [0.25, 0.3) is 0 Å². The Kier molecular flexibility index (Phi) is 7.88. The smallest absolute Gasteiger partial charge is 0.338 e. The Labute approximate surface area is 177 Å². The van der Waals surface area contributed by atoms with Crippen molar-refractivity contribution in [3.8, 4) is 0 Å². The predicted molar refractivity (Wildman–Crippen MR) is 107 cm³/mol. The van der Waals surface area contributed by atoms with Gasteiger partial charge in [-0.15, -0.1) is 0 Å². The largest absolute Gasteiger partial charge is 0.452 e. The number of hydrogen-bond acceptors (Lipinski definition) is 5. The second kappa shape index (κ2) is 9.96. The van der Waals surface area contributed by atoms with Crippen molar-refractivity contribution in [2.75, 3.05) is 25.0 Å². The van der Waals surface area contributed by atoms with Crippen LogP contribution in [0.3, 0.4) is 0 Å². The molecule has 0 aliphatic heterocycles. The second-order valence-corrected chi connectivity index (χ2v) is 8.30. The molecule has 0 aromatic heterocycles. The molecular weight excluding hydrogens is 442 g/mol. The lowest BCUT2D eigenvalue weighted by Gasteiger charge is -2.19. The fraction of sp³-hybridized carbons (Fsp3) is 0.263. The van der Waals surface area contributed by atoms with Gasteiger partial charge in [-0.05, 0) is 30.3 Å². The topological polar surface area (TPSA) is 92.8 Å². The zero-order valence-electron chi connectivity index (χ0n) is 16.1. The van der Waals surface area contributed by atoms with Gasteiger partial charge in [0.15, 0.2) is 18.2 Å². The van der Waals surface area contributed by atoms with Crippen LogP contribution in [0.2, 0.25) is 5.02 Å². The predicted octanol–water partition coefficient (Wildman–Crippen LogP) is 3.44. The number of nitrogens with one attached hydrogen (secondary N) is 1. The third-order valence-corrected chi connectivity index (χ3v) is 6.56. The van der Waals surface area contributed by atoms with Crippen LogP contribution in [-0.2, 0) is 19.6 Å². The summed E-state index contributed by atoms with van der Waals surface area (Å²) in [5.74, 6) is -3.96. The monoisotopic (exact) mass is 460 g/mol. The molecular formula is C19H19ClF2N2O5S. The number of carbonyl (C=O) groups is 2. The van der Waals surface area contributed by atoms with Gasteiger partial charge in [-0.2, -0.15) is 4.31 Å². The van der Waals surface area contributed by atoms with Crippen LogP contribution in [0, 0.1) is 11.6 Å². The van der Waals surface area contributed by atoms with E-state index >= 15 is 0 Å². The molecule has 162 valence electrons. The van der Waals surface area contributed by atoms with Crippen LogP contribution < -0.4 is 5.32 Å². The van der Waals surface area contributed by atoms with Crippen LogP contribution in [0.1, 0.15) is 24.2 Å². The summed E-state index contributed by atoms with van der Waals surface area (Å²) in [6.45, 7) is 3.04. The number of anilines is 1. The van der Waals surface area contributed by atoms with E-state index in [0.717, 1.165) is 24.3 Å². The molecule has 0 spiro atoms. The molecule has 0 unspecified atom stereocenters. The van der Waals surface area contributed by atoms with Crippen LogP contribution >= 0.6 is 11.6 Å². The molecule has 0 saturated heterocycles. The van der Waals surface area contributed by atoms with E-state index < -0.39 is 40.1 Å². The van der Waals surface area contributed by atoms with Gasteiger partial charge in [0, 0.05) is 24.8 Å². The molecule has 0 saturated carbocycles. The highest BCUT2D eigenvalue weighted by Gasteiger charge is 2.26. The number of esters is 1. The Balaban J connectivity index is 2.10. The Morgan fingerprint density at radius 2 is 1.73 bits per heavy atom. The molecule has 7 nitrogen and oxygen atoms in total. The van der Waals surface area contributed by atoms with Crippen LogP contribution in [0.5, 0.6) is 0 Å². The van der Waals surface area contributed by atoms with Crippen molar-refractivity contribution >= 4 is 39.2 Å². The minimum Gasteiger partial charge on any atom is -0.452 e. The molecule has 0 aliphatic carbocycles. The Hall–Kier alpha value is -2.56. The number of benzene rings is 2. The normalized spacial score (nSPS) is 11.4. The van der Waals surface area contributed by atoms with Crippen LogP contribution in [0.4, 0.5) is 14.5 Å². The summed E-state index contributed by atoms with van der Waals surface area (Å²) >= 11 is 6.01. The summed E-state index contributed by atoms with van der Waals surface area (Å²) in [6, 6.07) is 6.34. The number of rotatable bonds is 8. The van der Waals surface area contributed by atoms with Crippen molar-refractivity contribution in [1.29, 1.82) is 0 Å². The number of amides is 1. The van der Waals surface area contributed by atoms with E-state index in [4.69, 9.17) is 16.3 Å². The first-order valence-electron chi connectivity index (χ1n) is 8.81. The van der Waals surface area contributed by atoms with Gasteiger partial charge in [0.05, 0.1) is 10.6 Å². The van der Waals surface area contributed by atoms with Gasteiger partial charge in [-0.3, -0.25) is 4.79 Å². The molecule has 0 radical (unpaired) electrons. The average molecular weight is 461 g/mol. The summed E-state index contributed by atoms with van der Waals surface area (Å²) in [6.07, 6.45) is 0. The number of carbonyl (C=O) groups excluding carboxylic acids is 2. The van der Waals surface area contributed by atoms with E-state index in [1.54, 1.807) is 13.8 Å². The van der Waals surface area contributed by atoms with E-state index in [1.165, 1.54) is 16.4 Å². The van der Waals surface area contributed by atoms with E-state index in [1.807, 2.05) is 0 Å². The molecule has 1 amide bonds. The maximum absolute atomic E-state index is 13.2.